The van der Waals surface area contributed by atoms with E-state index in [2.05, 4.69) is 4.90 Å². The Balaban J connectivity index is 1.32. The van der Waals surface area contributed by atoms with Crippen molar-refractivity contribution in [2.45, 2.75) is 32.4 Å². The number of piperidine rings is 1. The Labute approximate surface area is 220 Å². The molecule has 0 amide bonds. The summed E-state index contributed by atoms with van der Waals surface area (Å²) >= 11 is 0. The second-order valence-electron chi connectivity index (χ2n) is 10.3. The number of pyridine rings is 1. The fourth-order valence-corrected chi connectivity index (χ4v) is 6.17. The van der Waals surface area contributed by atoms with Gasteiger partial charge in [-0.05, 0) is 61.2 Å². The van der Waals surface area contributed by atoms with E-state index in [4.69, 9.17) is 14.2 Å². The van der Waals surface area contributed by atoms with Gasteiger partial charge in [-0.3, -0.25) is 14.5 Å². The van der Waals surface area contributed by atoms with Gasteiger partial charge in [0.15, 0.2) is 5.76 Å². The molecule has 1 N–H and O–H groups in total. The summed E-state index contributed by atoms with van der Waals surface area (Å²) in [6, 6.07) is 12.5. The molecule has 1 saturated heterocycles. The van der Waals surface area contributed by atoms with Gasteiger partial charge in [0.1, 0.15) is 23.0 Å². The summed E-state index contributed by atoms with van der Waals surface area (Å²) in [4.78, 5) is 28.2. The monoisotopic (exact) mass is 514 g/mol. The third-order valence-corrected chi connectivity index (χ3v) is 7.88. The Morgan fingerprint density at radius 1 is 1.08 bits per heavy atom. The molecule has 38 heavy (non-hydrogen) atoms. The Kier molecular flexibility index (Phi) is 5.99. The summed E-state index contributed by atoms with van der Waals surface area (Å²) in [5, 5.41) is 11.0. The van der Waals surface area contributed by atoms with Crippen LogP contribution in [0.25, 0.3) is 6.08 Å². The first-order valence-corrected chi connectivity index (χ1v) is 12.8. The number of aromatic nitrogens is 1. The standard InChI is InChI=1S/C30H30N2O6/c1-17-9-24(33)22(16-31-13-18-10-20(15-31)23-5-4-6-27(34)32(23)14-18)30-28(17)29(35)26(38-30)12-19-11-21(36-2)7-8-25(19)37-3/h4-9,11-12,18,20,33H,10,13-16H2,1-3H3/b26-12-/t18-,20+/m1/s1. The van der Waals surface area contributed by atoms with Crippen LogP contribution >= 0.6 is 0 Å². The first-order chi connectivity index (χ1) is 18.4. The lowest BCUT2D eigenvalue weighted by Gasteiger charge is -2.43. The molecule has 8 heteroatoms. The van der Waals surface area contributed by atoms with E-state index in [9.17, 15) is 14.7 Å². The lowest BCUT2D eigenvalue weighted by molar-refractivity contribution is 0.101. The van der Waals surface area contributed by atoms with Crippen LogP contribution in [0.2, 0.25) is 0 Å². The van der Waals surface area contributed by atoms with Gasteiger partial charge in [-0.15, -0.1) is 0 Å². The molecule has 2 atom stereocenters. The summed E-state index contributed by atoms with van der Waals surface area (Å²) in [6.45, 7) is 4.51. The number of allylic oxidation sites excluding steroid dienone is 1. The number of methoxy groups -OCH3 is 2. The SMILES string of the molecule is COc1ccc(OC)c(/C=C2\Oc3c(CN4C[C@H]5C[C@@H](C4)c4cccc(=O)n4C5)c(O)cc(C)c3C2=O)c1. The highest BCUT2D eigenvalue weighted by atomic mass is 16.5. The number of phenolic OH excluding ortho intramolecular Hbond substituents is 1. The van der Waals surface area contributed by atoms with E-state index < -0.39 is 0 Å². The molecule has 3 aromatic rings. The Hall–Kier alpha value is -4.04. The van der Waals surface area contributed by atoms with Crippen molar-refractivity contribution in [1.82, 2.24) is 9.47 Å². The maximum absolute atomic E-state index is 13.5. The van der Waals surface area contributed by atoms with E-state index in [1.165, 1.54) is 0 Å². The van der Waals surface area contributed by atoms with Crippen LogP contribution < -0.4 is 19.8 Å². The summed E-state index contributed by atoms with van der Waals surface area (Å²) in [6.07, 6.45) is 2.70. The number of nitrogens with zero attached hydrogens (tertiary/aromatic N) is 2. The van der Waals surface area contributed by atoms with Gasteiger partial charge < -0.3 is 23.9 Å². The highest BCUT2D eigenvalue weighted by Gasteiger charge is 2.37. The predicted octanol–water partition coefficient (Wildman–Crippen LogP) is 4.12. The highest BCUT2D eigenvalue weighted by Crippen LogP contribution is 2.44. The molecule has 6 rings (SSSR count). The zero-order valence-corrected chi connectivity index (χ0v) is 21.7. The number of aromatic hydroxyl groups is 1. The van der Waals surface area contributed by atoms with Gasteiger partial charge in [-0.25, -0.2) is 0 Å². The lowest BCUT2D eigenvalue weighted by Crippen LogP contribution is -2.46. The van der Waals surface area contributed by atoms with Crippen LogP contribution in [-0.2, 0) is 13.1 Å². The number of hydrogen-bond donors (Lipinski definition) is 1. The van der Waals surface area contributed by atoms with Gasteiger partial charge >= 0.3 is 0 Å². The number of phenols is 1. The topological polar surface area (TPSA) is 90.2 Å². The second-order valence-corrected chi connectivity index (χ2v) is 10.3. The Morgan fingerprint density at radius 2 is 1.92 bits per heavy atom. The van der Waals surface area contributed by atoms with E-state index in [1.54, 1.807) is 57.6 Å². The van der Waals surface area contributed by atoms with E-state index in [0.29, 0.717) is 58.5 Å². The molecule has 0 spiro atoms. The van der Waals surface area contributed by atoms with Crippen LogP contribution in [0.15, 0.2) is 53.0 Å². The van der Waals surface area contributed by atoms with E-state index in [0.717, 1.165) is 25.2 Å². The lowest BCUT2D eigenvalue weighted by atomic mass is 9.83. The number of rotatable bonds is 5. The predicted molar refractivity (Wildman–Crippen MR) is 142 cm³/mol. The summed E-state index contributed by atoms with van der Waals surface area (Å²) in [7, 11) is 3.15. The molecule has 0 unspecified atom stereocenters. The maximum atomic E-state index is 13.5. The molecule has 4 heterocycles. The minimum absolute atomic E-state index is 0.0542. The van der Waals surface area contributed by atoms with Crippen molar-refractivity contribution >= 4 is 11.9 Å². The second kappa shape index (κ2) is 9.36. The van der Waals surface area contributed by atoms with Crippen LogP contribution in [0.4, 0.5) is 0 Å². The van der Waals surface area contributed by atoms with E-state index in [-0.39, 0.29) is 28.8 Å². The number of Topliss-reactive ketones (excluding diaryl/α,β-unsaturated/α-hetero) is 1. The molecule has 0 aliphatic carbocycles. The van der Waals surface area contributed by atoms with Gasteiger partial charge in [0.2, 0.25) is 5.78 Å². The van der Waals surface area contributed by atoms with Crippen LogP contribution in [0.1, 0.15) is 45.1 Å². The van der Waals surface area contributed by atoms with E-state index >= 15 is 0 Å². The smallest absolute Gasteiger partial charge is 0.250 e. The first kappa shape index (κ1) is 24.3. The number of aryl methyl sites for hydroxylation is 1. The van der Waals surface area contributed by atoms with Gasteiger partial charge in [0.25, 0.3) is 5.56 Å². The van der Waals surface area contributed by atoms with Gasteiger partial charge in [-0.2, -0.15) is 0 Å². The summed E-state index contributed by atoms with van der Waals surface area (Å²) in [5.41, 5.74) is 3.52. The van der Waals surface area contributed by atoms with Crippen molar-refractivity contribution in [2.24, 2.45) is 5.92 Å². The molecule has 196 valence electrons. The number of ketones is 1. The average molecular weight is 515 g/mol. The molecule has 1 fully saturated rings. The quantitative estimate of drug-likeness (QED) is 0.513. The number of fused-ring (bicyclic) bond motifs is 5. The third kappa shape index (κ3) is 4.05. The molecule has 0 saturated carbocycles. The third-order valence-electron chi connectivity index (χ3n) is 7.88. The normalized spacial score (nSPS) is 21.1. The van der Waals surface area contributed by atoms with Gasteiger partial charge in [0, 0.05) is 49.4 Å². The van der Waals surface area contributed by atoms with Crippen molar-refractivity contribution in [3.8, 4) is 23.0 Å². The van der Waals surface area contributed by atoms with Crippen molar-refractivity contribution < 1.29 is 24.1 Å². The minimum atomic E-state index is -0.229. The van der Waals surface area contributed by atoms with Crippen LogP contribution in [0.3, 0.4) is 0 Å². The Morgan fingerprint density at radius 3 is 2.71 bits per heavy atom. The highest BCUT2D eigenvalue weighted by molar-refractivity contribution is 6.16. The molecule has 8 nitrogen and oxygen atoms in total. The largest absolute Gasteiger partial charge is 0.507 e. The van der Waals surface area contributed by atoms with Crippen LogP contribution in [0, 0.1) is 12.8 Å². The molecule has 3 aliphatic heterocycles. The molecule has 2 bridgehead atoms. The van der Waals surface area contributed by atoms with Gasteiger partial charge in [-0.1, -0.05) is 6.07 Å². The van der Waals surface area contributed by atoms with Crippen molar-refractivity contribution in [1.29, 1.82) is 0 Å². The number of carbonyl (C=O) groups is 1. The summed E-state index contributed by atoms with van der Waals surface area (Å²) in [5.74, 6) is 2.28. The molecule has 0 radical (unpaired) electrons. The zero-order valence-electron chi connectivity index (χ0n) is 21.7. The number of hydrogen-bond acceptors (Lipinski definition) is 7. The van der Waals surface area contributed by atoms with Crippen molar-refractivity contribution in [3.05, 3.63) is 86.5 Å². The zero-order chi connectivity index (χ0) is 26.6. The Bertz CT molecular complexity index is 1540. The van der Waals surface area contributed by atoms with Crippen LogP contribution in [-0.4, -0.2) is 47.7 Å². The molecule has 1 aromatic heterocycles. The van der Waals surface area contributed by atoms with E-state index in [1.807, 2.05) is 16.7 Å². The number of ether oxygens (including phenoxy) is 3. The number of likely N-dealkylation sites (tertiary alicyclic amines) is 1. The molecular formula is C30H30N2O6. The van der Waals surface area contributed by atoms with Gasteiger partial charge in [0.05, 0.1) is 25.3 Å². The van der Waals surface area contributed by atoms with Crippen LogP contribution in [0.5, 0.6) is 23.0 Å². The summed E-state index contributed by atoms with van der Waals surface area (Å²) < 4.78 is 18.9. The number of carbonyl (C=O) groups excluding carboxylic acids is 1. The molecule has 3 aliphatic rings. The molecular weight excluding hydrogens is 484 g/mol. The molecule has 2 aromatic carbocycles. The number of benzene rings is 2. The average Bonchev–Trinajstić information content (AvgIpc) is 3.23. The fourth-order valence-electron chi connectivity index (χ4n) is 6.17. The minimum Gasteiger partial charge on any atom is -0.507 e. The van der Waals surface area contributed by atoms with Crippen molar-refractivity contribution in [3.63, 3.8) is 0 Å². The maximum Gasteiger partial charge on any atom is 0.250 e. The fraction of sp³-hybridized carbons (Fsp3) is 0.333. The first-order valence-electron chi connectivity index (χ1n) is 12.8. The van der Waals surface area contributed by atoms with Crippen molar-refractivity contribution in [2.75, 3.05) is 27.3 Å².